The van der Waals surface area contributed by atoms with Crippen molar-refractivity contribution in [2.45, 2.75) is 13.3 Å². The van der Waals surface area contributed by atoms with Gasteiger partial charge >= 0.3 is 0 Å². The Bertz CT molecular complexity index is 644. The summed E-state index contributed by atoms with van der Waals surface area (Å²) >= 11 is 0. The lowest BCUT2D eigenvalue weighted by Gasteiger charge is -2.10. The number of hydrogen-bond acceptors (Lipinski definition) is 3. The number of benzene rings is 2. The smallest absolute Gasteiger partial charge is 0.227 e. The van der Waals surface area contributed by atoms with E-state index < -0.39 is 5.82 Å². The van der Waals surface area contributed by atoms with Crippen LogP contribution in [-0.2, 0) is 4.79 Å². The van der Waals surface area contributed by atoms with Gasteiger partial charge in [-0.05, 0) is 42.8 Å². The minimum atomic E-state index is -0.457. The predicted molar refractivity (Wildman–Crippen MR) is 80.7 cm³/mol. The molecule has 0 aliphatic heterocycles. The maximum Gasteiger partial charge on any atom is 0.227 e. The predicted octanol–water partition coefficient (Wildman–Crippen LogP) is 3.12. The van der Waals surface area contributed by atoms with Crippen LogP contribution in [0.2, 0.25) is 0 Å². The normalized spacial score (nSPS) is 10.2. The summed E-state index contributed by atoms with van der Waals surface area (Å²) in [7, 11) is 0. The van der Waals surface area contributed by atoms with Crippen LogP contribution in [0.1, 0.15) is 12.0 Å². The van der Waals surface area contributed by atoms with E-state index in [1.54, 1.807) is 30.3 Å². The van der Waals surface area contributed by atoms with E-state index in [1.165, 1.54) is 12.1 Å². The second kappa shape index (κ2) is 6.74. The van der Waals surface area contributed by atoms with Gasteiger partial charge in [-0.1, -0.05) is 12.1 Å². The molecule has 2 rings (SSSR count). The van der Waals surface area contributed by atoms with Gasteiger partial charge in [0.1, 0.15) is 11.6 Å². The number of anilines is 2. The Morgan fingerprint density at radius 1 is 1.29 bits per heavy atom. The number of carbonyl (C=O) groups is 1. The van der Waals surface area contributed by atoms with Crippen LogP contribution in [0.3, 0.4) is 0 Å². The van der Waals surface area contributed by atoms with E-state index in [0.717, 1.165) is 5.56 Å². The van der Waals surface area contributed by atoms with E-state index >= 15 is 0 Å². The molecule has 0 heterocycles. The van der Waals surface area contributed by atoms with E-state index in [4.69, 9.17) is 10.5 Å². The Hall–Kier alpha value is -2.56. The molecule has 0 aliphatic rings. The Balaban J connectivity index is 1.83. The molecule has 0 aliphatic carbocycles. The van der Waals surface area contributed by atoms with Gasteiger partial charge in [0, 0.05) is 5.69 Å². The van der Waals surface area contributed by atoms with Crippen molar-refractivity contribution in [2.75, 3.05) is 17.7 Å². The van der Waals surface area contributed by atoms with E-state index in [0.29, 0.717) is 11.4 Å². The van der Waals surface area contributed by atoms with Gasteiger partial charge in [-0.25, -0.2) is 4.39 Å². The molecule has 21 heavy (non-hydrogen) atoms. The van der Waals surface area contributed by atoms with Crippen molar-refractivity contribution in [3.8, 4) is 5.75 Å². The first-order valence-corrected chi connectivity index (χ1v) is 6.59. The van der Waals surface area contributed by atoms with Crippen molar-refractivity contribution in [2.24, 2.45) is 0 Å². The fraction of sp³-hybridized carbons (Fsp3) is 0.188. The zero-order valence-corrected chi connectivity index (χ0v) is 11.7. The van der Waals surface area contributed by atoms with Gasteiger partial charge in [0.2, 0.25) is 5.91 Å². The first-order chi connectivity index (χ1) is 10.1. The van der Waals surface area contributed by atoms with Crippen LogP contribution in [0.5, 0.6) is 5.75 Å². The highest BCUT2D eigenvalue weighted by molar-refractivity contribution is 5.90. The van der Waals surface area contributed by atoms with Gasteiger partial charge in [-0.2, -0.15) is 0 Å². The molecule has 0 aromatic heterocycles. The van der Waals surface area contributed by atoms with Crippen LogP contribution in [0.4, 0.5) is 15.8 Å². The lowest BCUT2D eigenvalue weighted by atomic mass is 10.2. The van der Waals surface area contributed by atoms with Crippen molar-refractivity contribution in [3.63, 3.8) is 0 Å². The lowest BCUT2D eigenvalue weighted by Crippen LogP contribution is -2.16. The molecule has 5 heteroatoms. The average Bonchev–Trinajstić information content (AvgIpc) is 2.44. The number of para-hydroxylation sites is 1. The minimum absolute atomic E-state index is 0.137. The molecule has 2 aromatic carbocycles. The van der Waals surface area contributed by atoms with Crippen LogP contribution in [-0.4, -0.2) is 12.5 Å². The number of carbonyl (C=O) groups excluding carboxylic acids is 1. The summed E-state index contributed by atoms with van der Waals surface area (Å²) in [6, 6.07) is 11.3. The number of amides is 1. The van der Waals surface area contributed by atoms with Crippen molar-refractivity contribution in [1.82, 2.24) is 0 Å². The van der Waals surface area contributed by atoms with Crippen LogP contribution in [0.15, 0.2) is 42.5 Å². The molecule has 0 spiro atoms. The van der Waals surface area contributed by atoms with Gasteiger partial charge in [0.25, 0.3) is 0 Å². The van der Waals surface area contributed by atoms with Crippen molar-refractivity contribution in [1.29, 1.82) is 0 Å². The summed E-state index contributed by atoms with van der Waals surface area (Å²) in [5, 5.41) is 2.51. The summed E-state index contributed by atoms with van der Waals surface area (Å²) in [5.41, 5.74) is 7.39. The number of hydrogen-bond donors (Lipinski definition) is 2. The molecule has 0 bridgehead atoms. The number of halogens is 1. The van der Waals surface area contributed by atoms with Crippen molar-refractivity contribution < 1.29 is 13.9 Å². The molecular formula is C16H17FN2O2. The van der Waals surface area contributed by atoms with E-state index in [9.17, 15) is 9.18 Å². The van der Waals surface area contributed by atoms with Gasteiger partial charge in [0.05, 0.1) is 18.7 Å². The monoisotopic (exact) mass is 288 g/mol. The van der Waals surface area contributed by atoms with E-state index in [2.05, 4.69) is 5.32 Å². The highest BCUT2D eigenvalue weighted by atomic mass is 19.1. The Kier molecular flexibility index (Phi) is 4.77. The highest BCUT2D eigenvalue weighted by Gasteiger charge is 2.07. The molecule has 4 nitrogen and oxygen atoms in total. The minimum Gasteiger partial charge on any atom is -0.493 e. The van der Waals surface area contributed by atoms with Crippen LogP contribution in [0.25, 0.3) is 0 Å². The molecule has 2 aromatic rings. The second-order valence-corrected chi connectivity index (χ2v) is 4.65. The average molecular weight is 288 g/mol. The largest absolute Gasteiger partial charge is 0.493 e. The maximum absolute atomic E-state index is 13.4. The van der Waals surface area contributed by atoms with E-state index in [1.807, 2.05) is 6.92 Å². The fourth-order valence-electron chi connectivity index (χ4n) is 1.86. The first kappa shape index (κ1) is 14.8. The topological polar surface area (TPSA) is 64.3 Å². The second-order valence-electron chi connectivity index (χ2n) is 4.65. The molecule has 0 unspecified atom stereocenters. The molecule has 0 saturated heterocycles. The van der Waals surface area contributed by atoms with Crippen LogP contribution in [0, 0.1) is 12.7 Å². The summed E-state index contributed by atoms with van der Waals surface area (Å²) in [6.07, 6.45) is 0.137. The van der Waals surface area contributed by atoms with E-state index in [-0.39, 0.29) is 24.6 Å². The molecule has 0 radical (unpaired) electrons. The molecule has 0 fully saturated rings. The number of nitrogen functional groups attached to an aromatic ring is 1. The third-order valence-electron chi connectivity index (χ3n) is 2.93. The number of nitrogens with two attached hydrogens (primary N) is 1. The third-order valence-corrected chi connectivity index (χ3v) is 2.93. The summed E-state index contributed by atoms with van der Waals surface area (Å²) in [4.78, 5) is 11.7. The Labute approximate surface area is 122 Å². The Morgan fingerprint density at radius 2 is 2.05 bits per heavy atom. The van der Waals surface area contributed by atoms with Crippen molar-refractivity contribution in [3.05, 3.63) is 53.8 Å². The van der Waals surface area contributed by atoms with Crippen molar-refractivity contribution >= 4 is 17.3 Å². The maximum atomic E-state index is 13.4. The van der Waals surface area contributed by atoms with Crippen LogP contribution < -0.4 is 15.8 Å². The highest BCUT2D eigenvalue weighted by Crippen LogP contribution is 2.20. The number of nitrogens with one attached hydrogen (secondary N) is 1. The first-order valence-electron chi connectivity index (χ1n) is 6.59. The van der Waals surface area contributed by atoms with Gasteiger partial charge in [-0.3, -0.25) is 4.79 Å². The summed E-state index contributed by atoms with van der Waals surface area (Å²) < 4.78 is 18.9. The molecule has 110 valence electrons. The molecular weight excluding hydrogens is 271 g/mol. The SMILES string of the molecule is Cc1cc(N)ccc1OCCC(=O)Nc1ccccc1F. The lowest BCUT2D eigenvalue weighted by molar-refractivity contribution is -0.116. The number of aryl methyl sites for hydroxylation is 1. The third kappa shape index (κ3) is 4.21. The molecule has 0 saturated carbocycles. The molecule has 1 amide bonds. The zero-order chi connectivity index (χ0) is 15.2. The van der Waals surface area contributed by atoms with Crippen LogP contribution >= 0.6 is 0 Å². The number of rotatable bonds is 5. The van der Waals surface area contributed by atoms with Gasteiger partial charge in [0.15, 0.2) is 0 Å². The molecule has 0 atom stereocenters. The van der Waals surface area contributed by atoms with Gasteiger partial charge in [-0.15, -0.1) is 0 Å². The number of ether oxygens (including phenoxy) is 1. The fourth-order valence-corrected chi connectivity index (χ4v) is 1.86. The Morgan fingerprint density at radius 3 is 2.76 bits per heavy atom. The summed E-state index contributed by atoms with van der Waals surface area (Å²) in [5.74, 6) is -0.0720. The quantitative estimate of drug-likeness (QED) is 0.831. The van der Waals surface area contributed by atoms with Gasteiger partial charge < -0.3 is 15.8 Å². The standard InChI is InChI=1S/C16H17FN2O2/c1-11-10-12(18)6-7-15(11)21-9-8-16(20)19-14-5-3-2-4-13(14)17/h2-7,10H,8-9,18H2,1H3,(H,19,20). The zero-order valence-electron chi connectivity index (χ0n) is 11.7. The summed E-state index contributed by atoms with van der Waals surface area (Å²) in [6.45, 7) is 2.09. The molecule has 3 N–H and O–H groups in total.